The molecule has 0 aliphatic carbocycles. The van der Waals surface area contributed by atoms with Gasteiger partial charge in [0, 0.05) is 32.7 Å². The number of carbonyl (C=O) groups is 2. The molecule has 0 atom stereocenters. The summed E-state index contributed by atoms with van der Waals surface area (Å²) in [7, 11) is 3.67. The molecular formula is C17H22N4O3. The molecule has 7 nitrogen and oxygen atoms in total. The summed E-state index contributed by atoms with van der Waals surface area (Å²) in [6.45, 7) is 2.71. The molecule has 3 rings (SSSR count). The summed E-state index contributed by atoms with van der Waals surface area (Å²) >= 11 is 0. The highest BCUT2D eigenvalue weighted by molar-refractivity contribution is 6.07. The second-order valence-corrected chi connectivity index (χ2v) is 6.61. The fourth-order valence-corrected chi connectivity index (χ4v) is 3.05. The van der Waals surface area contributed by atoms with Crippen LogP contribution in [0, 0.1) is 6.92 Å². The predicted octanol–water partition coefficient (Wildman–Crippen LogP) is 0.723. The lowest BCUT2D eigenvalue weighted by Crippen LogP contribution is -2.50. The van der Waals surface area contributed by atoms with Crippen LogP contribution in [0.4, 0.5) is 0 Å². The minimum Gasteiger partial charge on any atom is -0.508 e. The lowest BCUT2D eigenvalue weighted by molar-refractivity contribution is -0.125. The van der Waals surface area contributed by atoms with Crippen molar-refractivity contribution >= 4 is 17.8 Å². The van der Waals surface area contributed by atoms with E-state index in [1.165, 1.54) is 6.07 Å². The number of amides is 2. The van der Waals surface area contributed by atoms with Gasteiger partial charge in [0.05, 0.1) is 0 Å². The summed E-state index contributed by atoms with van der Waals surface area (Å²) in [5.74, 6) is 0.467. The van der Waals surface area contributed by atoms with E-state index in [0.29, 0.717) is 37.5 Å². The number of aryl methyl sites for hydroxylation is 1. The topological polar surface area (TPSA) is 85.2 Å². The fraction of sp³-hybridized carbons (Fsp3) is 0.471. The molecule has 2 aliphatic rings. The Hall–Kier alpha value is -2.57. The number of piperidine rings is 1. The molecule has 0 bridgehead atoms. The van der Waals surface area contributed by atoms with Crippen LogP contribution < -0.4 is 5.32 Å². The minimum atomic E-state index is -0.758. The van der Waals surface area contributed by atoms with Crippen molar-refractivity contribution < 1.29 is 14.7 Å². The van der Waals surface area contributed by atoms with E-state index in [2.05, 4.69) is 10.3 Å². The molecule has 0 unspecified atom stereocenters. The molecule has 7 heteroatoms. The third-order valence-electron chi connectivity index (χ3n) is 4.73. The van der Waals surface area contributed by atoms with Crippen LogP contribution in [-0.4, -0.2) is 65.4 Å². The zero-order valence-electron chi connectivity index (χ0n) is 14.2. The van der Waals surface area contributed by atoms with Gasteiger partial charge in [-0.05, 0) is 37.5 Å². The van der Waals surface area contributed by atoms with Gasteiger partial charge in [0.2, 0.25) is 5.96 Å². The number of aromatic hydroxyl groups is 1. The first-order chi connectivity index (χ1) is 11.3. The Morgan fingerprint density at radius 2 is 2.00 bits per heavy atom. The van der Waals surface area contributed by atoms with E-state index in [1.807, 2.05) is 14.1 Å². The standard InChI is InChI=1S/C17H22N4O3/c1-11-4-5-12(10-13(11)22)14(23)21-8-6-17(7-9-21)15(24)18-16(19-17)20(2)3/h4-5,10,22H,6-9H2,1-3H3,(H,18,19,24). The third kappa shape index (κ3) is 2.70. The summed E-state index contributed by atoms with van der Waals surface area (Å²) in [6, 6.07) is 4.94. The second-order valence-electron chi connectivity index (χ2n) is 6.61. The van der Waals surface area contributed by atoms with Gasteiger partial charge in [-0.3, -0.25) is 14.9 Å². The third-order valence-corrected chi connectivity index (χ3v) is 4.73. The van der Waals surface area contributed by atoms with Gasteiger partial charge in [-0.25, -0.2) is 4.99 Å². The first-order valence-electron chi connectivity index (χ1n) is 8.00. The maximum Gasteiger partial charge on any atom is 0.254 e. The SMILES string of the molecule is Cc1ccc(C(=O)N2CCC3(CC2)N=C(N(C)C)NC3=O)cc1O. The van der Waals surface area contributed by atoms with E-state index in [0.717, 1.165) is 5.56 Å². The smallest absolute Gasteiger partial charge is 0.254 e. The molecule has 2 amide bonds. The van der Waals surface area contributed by atoms with Gasteiger partial charge in [0.1, 0.15) is 11.3 Å². The quantitative estimate of drug-likeness (QED) is 0.795. The number of hydrogen-bond donors (Lipinski definition) is 2. The van der Waals surface area contributed by atoms with E-state index in [1.54, 1.807) is 28.9 Å². The molecule has 1 aromatic rings. The average molecular weight is 330 g/mol. The molecule has 2 N–H and O–H groups in total. The van der Waals surface area contributed by atoms with Crippen molar-refractivity contribution in [1.29, 1.82) is 0 Å². The zero-order chi connectivity index (χ0) is 17.5. The second kappa shape index (κ2) is 5.81. The van der Waals surface area contributed by atoms with E-state index in [9.17, 15) is 14.7 Å². The number of aliphatic imine (C=N–C) groups is 1. The molecule has 1 aromatic carbocycles. The van der Waals surface area contributed by atoms with Crippen LogP contribution in [0.3, 0.4) is 0 Å². The van der Waals surface area contributed by atoms with Crippen molar-refractivity contribution in [2.75, 3.05) is 27.2 Å². The van der Waals surface area contributed by atoms with Gasteiger partial charge in [0.25, 0.3) is 11.8 Å². The normalized spacial score (nSPS) is 19.2. The molecule has 1 saturated heterocycles. The lowest BCUT2D eigenvalue weighted by Gasteiger charge is -2.35. The summed E-state index contributed by atoms with van der Waals surface area (Å²) < 4.78 is 0. The molecule has 1 spiro atoms. The molecular weight excluding hydrogens is 308 g/mol. The average Bonchev–Trinajstić information content (AvgIpc) is 2.87. The Morgan fingerprint density at radius 3 is 2.54 bits per heavy atom. The molecule has 0 aromatic heterocycles. The lowest BCUT2D eigenvalue weighted by atomic mass is 9.87. The van der Waals surface area contributed by atoms with Gasteiger partial charge in [-0.1, -0.05) is 6.07 Å². The van der Waals surface area contributed by atoms with E-state index >= 15 is 0 Å². The summed E-state index contributed by atoms with van der Waals surface area (Å²) in [5.41, 5.74) is 0.436. The van der Waals surface area contributed by atoms with Crippen LogP contribution in [0.2, 0.25) is 0 Å². The number of phenolic OH excluding ortho intramolecular Hbond substituents is 1. The summed E-state index contributed by atoms with van der Waals surface area (Å²) in [5, 5.41) is 12.6. The number of phenols is 1. The van der Waals surface area contributed by atoms with Crippen LogP contribution >= 0.6 is 0 Å². The van der Waals surface area contributed by atoms with E-state index in [4.69, 9.17) is 0 Å². The highest BCUT2D eigenvalue weighted by atomic mass is 16.3. The highest BCUT2D eigenvalue weighted by Gasteiger charge is 2.46. The Morgan fingerprint density at radius 1 is 1.33 bits per heavy atom. The number of carbonyl (C=O) groups excluding carboxylic acids is 2. The Kier molecular flexibility index (Phi) is 3.95. The first kappa shape index (κ1) is 16.3. The number of nitrogens with zero attached hydrogens (tertiary/aromatic N) is 3. The number of guanidine groups is 1. The largest absolute Gasteiger partial charge is 0.508 e. The van der Waals surface area contributed by atoms with Crippen molar-refractivity contribution in [2.24, 2.45) is 4.99 Å². The van der Waals surface area contributed by atoms with E-state index in [-0.39, 0.29) is 17.6 Å². The van der Waals surface area contributed by atoms with Crippen LogP contribution in [-0.2, 0) is 4.79 Å². The number of nitrogens with one attached hydrogen (secondary N) is 1. The van der Waals surface area contributed by atoms with Crippen LogP contribution in [0.1, 0.15) is 28.8 Å². The van der Waals surface area contributed by atoms with Crippen molar-refractivity contribution in [2.45, 2.75) is 25.3 Å². The van der Waals surface area contributed by atoms with Gasteiger partial charge in [-0.2, -0.15) is 0 Å². The highest BCUT2D eigenvalue weighted by Crippen LogP contribution is 2.31. The molecule has 24 heavy (non-hydrogen) atoms. The first-order valence-corrected chi connectivity index (χ1v) is 8.00. The molecule has 0 radical (unpaired) electrons. The number of likely N-dealkylation sites (tertiary alicyclic amines) is 1. The van der Waals surface area contributed by atoms with Gasteiger partial charge in [0.15, 0.2) is 0 Å². The predicted molar refractivity (Wildman–Crippen MR) is 90.0 cm³/mol. The molecule has 2 heterocycles. The Bertz CT molecular complexity index is 719. The van der Waals surface area contributed by atoms with Crippen LogP contribution in [0.25, 0.3) is 0 Å². The summed E-state index contributed by atoms with van der Waals surface area (Å²) in [6.07, 6.45) is 1.000. The monoisotopic (exact) mass is 330 g/mol. The van der Waals surface area contributed by atoms with Crippen molar-refractivity contribution in [3.8, 4) is 5.75 Å². The number of hydrogen-bond acceptors (Lipinski definition) is 5. The van der Waals surface area contributed by atoms with Crippen molar-refractivity contribution in [3.63, 3.8) is 0 Å². The molecule has 1 fully saturated rings. The Balaban J connectivity index is 1.72. The number of benzene rings is 1. The molecule has 128 valence electrons. The number of rotatable bonds is 1. The molecule has 2 aliphatic heterocycles. The van der Waals surface area contributed by atoms with Gasteiger partial charge in [-0.15, -0.1) is 0 Å². The summed E-state index contributed by atoms with van der Waals surface area (Å²) in [4.78, 5) is 32.9. The van der Waals surface area contributed by atoms with Crippen LogP contribution in [0.5, 0.6) is 5.75 Å². The van der Waals surface area contributed by atoms with Gasteiger partial charge >= 0.3 is 0 Å². The van der Waals surface area contributed by atoms with E-state index < -0.39 is 5.54 Å². The Labute approximate surface area is 141 Å². The maximum absolute atomic E-state index is 12.6. The maximum atomic E-state index is 12.6. The zero-order valence-corrected chi connectivity index (χ0v) is 14.2. The van der Waals surface area contributed by atoms with Crippen molar-refractivity contribution in [1.82, 2.24) is 15.1 Å². The van der Waals surface area contributed by atoms with Gasteiger partial charge < -0.3 is 14.9 Å². The van der Waals surface area contributed by atoms with Crippen molar-refractivity contribution in [3.05, 3.63) is 29.3 Å². The minimum absolute atomic E-state index is 0.0914. The fourth-order valence-electron chi connectivity index (χ4n) is 3.05. The van der Waals surface area contributed by atoms with Crippen LogP contribution in [0.15, 0.2) is 23.2 Å². The molecule has 0 saturated carbocycles.